The van der Waals surface area contributed by atoms with Gasteiger partial charge in [-0.15, -0.1) is 0 Å². The molecule has 1 aromatic carbocycles. The first-order valence-electron chi connectivity index (χ1n) is 8.97. The van der Waals surface area contributed by atoms with Gasteiger partial charge in [0.2, 0.25) is 0 Å². The number of aryl methyl sites for hydroxylation is 1. The second kappa shape index (κ2) is 9.63. The van der Waals surface area contributed by atoms with Crippen LogP contribution in [0.4, 0.5) is 8.78 Å². The highest BCUT2D eigenvalue weighted by Gasteiger charge is 2.10. The highest BCUT2D eigenvalue weighted by Crippen LogP contribution is 2.22. The maximum atomic E-state index is 12.6. The Labute approximate surface area is 167 Å². The fourth-order valence-corrected chi connectivity index (χ4v) is 2.71. The molecule has 0 radical (unpaired) electrons. The zero-order valence-corrected chi connectivity index (χ0v) is 16.1. The largest absolute Gasteiger partial charge is 0.434 e. The lowest BCUT2D eigenvalue weighted by molar-refractivity contribution is -0.0504. The van der Waals surface area contributed by atoms with E-state index in [2.05, 4.69) is 30.3 Å². The molecule has 29 heavy (non-hydrogen) atoms. The summed E-state index contributed by atoms with van der Waals surface area (Å²) in [5.74, 6) is 1.46. The van der Waals surface area contributed by atoms with E-state index in [0.29, 0.717) is 24.6 Å². The molecule has 2 heterocycles. The third-order valence-corrected chi connectivity index (χ3v) is 4.14. The molecule has 3 aromatic rings. The first-order valence-corrected chi connectivity index (χ1v) is 8.97. The van der Waals surface area contributed by atoms with E-state index in [1.165, 1.54) is 0 Å². The van der Waals surface area contributed by atoms with E-state index in [9.17, 15) is 8.78 Å². The highest BCUT2D eigenvalue weighted by molar-refractivity contribution is 5.79. The number of guanidine groups is 1. The van der Waals surface area contributed by atoms with Crippen LogP contribution in [-0.4, -0.2) is 34.2 Å². The summed E-state index contributed by atoms with van der Waals surface area (Å²) < 4.78 is 31.6. The van der Waals surface area contributed by atoms with Gasteiger partial charge < -0.3 is 15.4 Å². The second-order valence-electron chi connectivity index (χ2n) is 6.26. The summed E-state index contributed by atoms with van der Waals surface area (Å²) in [5.41, 5.74) is 2.55. The van der Waals surface area contributed by atoms with Crippen molar-refractivity contribution in [1.82, 2.24) is 25.2 Å². The van der Waals surface area contributed by atoms with Crippen LogP contribution in [0.25, 0.3) is 5.82 Å². The maximum absolute atomic E-state index is 12.6. The van der Waals surface area contributed by atoms with Crippen LogP contribution in [0.2, 0.25) is 0 Å². The standard InChI is InChI=1S/C20H22F2N6O/c1-14-3-5-17(29-19(21)22)16(9-14)12-27-20(23-2)26-11-15-4-6-18(25-10-15)28-8-7-24-13-28/h3-10,13,19H,11-12H2,1-2H3,(H2,23,26,27). The SMILES string of the molecule is CN=C(NCc1ccc(-n2ccnc2)nc1)NCc1cc(C)ccc1OC(F)F. The van der Waals surface area contributed by atoms with Gasteiger partial charge in [-0.25, -0.2) is 9.97 Å². The Balaban J connectivity index is 1.57. The summed E-state index contributed by atoms with van der Waals surface area (Å²) in [6.07, 6.45) is 6.97. The molecule has 0 unspecified atom stereocenters. The van der Waals surface area contributed by atoms with Gasteiger partial charge in [0, 0.05) is 44.3 Å². The lowest BCUT2D eigenvalue weighted by atomic mass is 10.1. The van der Waals surface area contributed by atoms with Crippen LogP contribution < -0.4 is 15.4 Å². The number of imidazole rings is 1. The van der Waals surface area contributed by atoms with Crippen molar-refractivity contribution in [2.24, 2.45) is 4.99 Å². The summed E-state index contributed by atoms with van der Waals surface area (Å²) in [6.45, 7) is -0.179. The molecular formula is C20H22F2N6O. The first-order chi connectivity index (χ1) is 14.0. The van der Waals surface area contributed by atoms with Gasteiger partial charge in [0.1, 0.15) is 17.9 Å². The number of benzene rings is 1. The number of aromatic nitrogens is 3. The van der Waals surface area contributed by atoms with Crippen LogP contribution in [0.3, 0.4) is 0 Å². The van der Waals surface area contributed by atoms with Gasteiger partial charge in [-0.1, -0.05) is 23.8 Å². The Morgan fingerprint density at radius 3 is 2.69 bits per heavy atom. The van der Waals surface area contributed by atoms with Crippen LogP contribution >= 0.6 is 0 Å². The summed E-state index contributed by atoms with van der Waals surface area (Å²) in [5, 5.41) is 6.29. The van der Waals surface area contributed by atoms with Gasteiger partial charge in [0.05, 0.1) is 0 Å². The minimum absolute atomic E-state index is 0.146. The Morgan fingerprint density at radius 1 is 1.21 bits per heavy atom. The van der Waals surface area contributed by atoms with Crippen molar-refractivity contribution in [2.75, 3.05) is 7.05 Å². The van der Waals surface area contributed by atoms with Gasteiger partial charge in [-0.2, -0.15) is 8.78 Å². The van der Waals surface area contributed by atoms with Crippen molar-refractivity contribution in [3.8, 4) is 11.6 Å². The van der Waals surface area contributed by atoms with Gasteiger partial charge in [-0.05, 0) is 24.6 Å². The smallest absolute Gasteiger partial charge is 0.387 e. The Morgan fingerprint density at radius 2 is 2.03 bits per heavy atom. The van der Waals surface area contributed by atoms with Crippen LogP contribution in [0.1, 0.15) is 16.7 Å². The number of aliphatic imine (C=N–C) groups is 1. The lowest BCUT2D eigenvalue weighted by Gasteiger charge is -2.15. The molecule has 7 nitrogen and oxygen atoms in total. The average molecular weight is 400 g/mol. The Hall–Kier alpha value is -3.49. The molecule has 3 rings (SSSR count). The van der Waals surface area contributed by atoms with Crippen molar-refractivity contribution in [2.45, 2.75) is 26.6 Å². The number of rotatable bonds is 7. The monoisotopic (exact) mass is 400 g/mol. The van der Waals surface area contributed by atoms with Crippen molar-refractivity contribution < 1.29 is 13.5 Å². The van der Waals surface area contributed by atoms with Crippen molar-refractivity contribution in [1.29, 1.82) is 0 Å². The summed E-state index contributed by atoms with van der Waals surface area (Å²) >= 11 is 0. The number of hydrogen-bond acceptors (Lipinski definition) is 4. The molecule has 0 saturated carbocycles. The van der Waals surface area contributed by atoms with E-state index in [1.54, 1.807) is 44.0 Å². The van der Waals surface area contributed by atoms with Crippen molar-refractivity contribution >= 4 is 5.96 Å². The number of nitrogens with one attached hydrogen (secondary N) is 2. The lowest BCUT2D eigenvalue weighted by Crippen LogP contribution is -2.36. The first kappa shape index (κ1) is 20.2. The number of alkyl halides is 2. The molecule has 2 N–H and O–H groups in total. The van der Waals surface area contributed by atoms with Crippen LogP contribution in [-0.2, 0) is 13.1 Å². The molecule has 0 fully saturated rings. The predicted molar refractivity (Wildman–Crippen MR) is 106 cm³/mol. The molecule has 0 aliphatic carbocycles. The molecule has 0 atom stereocenters. The third kappa shape index (κ3) is 5.74. The van der Waals surface area contributed by atoms with Gasteiger partial charge in [-0.3, -0.25) is 9.56 Å². The predicted octanol–water partition coefficient (Wildman–Crippen LogP) is 3.04. The molecule has 0 bridgehead atoms. The normalized spacial score (nSPS) is 11.6. The summed E-state index contributed by atoms with van der Waals surface area (Å²) in [4.78, 5) is 12.6. The molecule has 0 aliphatic rings. The van der Waals surface area contributed by atoms with Gasteiger partial charge >= 0.3 is 6.61 Å². The zero-order chi connectivity index (χ0) is 20.6. The fraction of sp³-hybridized carbons (Fsp3) is 0.250. The van der Waals surface area contributed by atoms with Gasteiger partial charge in [0.25, 0.3) is 0 Å². The number of nitrogens with zero attached hydrogens (tertiary/aromatic N) is 4. The molecular weight excluding hydrogens is 378 g/mol. The van der Waals surface area contributed by atoms with Crippen molar-refractivity contribution in [3.63, 3.8) is 0 Å². The summed E-state index contributed by atoms with van der Waals surface area (Å²) in [6, 6.07) is 8.93. The Kier molecular flexibility index (Phi) is 6.72. The van der Waals surface area contributed by atoms with E-state index in [0.717, 1.165) is 16.9 Å². The molecule has 152 valence electrons. The van der Waals surface area contributed by atoms with E-state index < -0.39 is 6.61 Å². The van der Waals surface area contributed by atoms with E-state index in [-0.39, 0.29) is 5.75 Å². The number of pyridine rings is 1. The van der Waals surface area contributed by atoms with Gasteiger partial charge in [0.15, 0.2) is 5.96 Å². The number of halogens is 2. The zero-order valence-electron chi connectivity index (χ0n) is 16.1. The maximum Gasteiger partial charge on any atom is 0.387 e. The molecule has 0 saturated heterocycles. The van der Waals surface area contributed by atoms with E-state index in [1.807, 2.05) is 29.8 Å². The summed E-state index contributed by atoms with van der Waals surface area (Å²) in [7, 11) is 1.64. The third-order valence-electron chi connectivity index (χ3n) is 4.14. The van der Waals surface area contributed by atoms with Crippen LogP contribution in [0, 0.1) is 6.92 Å². The fourth-order valence-electron chi connectivity index (χ4n) is 2.71. The molecule has 0 aliphatic heterocycles. The van der Waals surface area contributed by atoms with E-state index in [4.69, 9.17) is 0 Å². The number of hydrogen-bond donors (Lipinski definition) is 2. The van der Waals surface area contributed by atoms with Crippen LogP contribution in [0.5, 0.6) is 5.75 Å². The average Bonchev–Trinajstić information content (AvgIpc) is 3.25. The minimum atomic E-state index is -2.87. The quantitative estimate of drug-likeness (QED) is 0.471. The molecule has 9 heteroatoms. The second-order valence-corrected chi connectivity index (χ2v) is 6.26. The molecule has 2 aromatic heterocycles. The topological polar surface area (TPSA) is 76.4 Å². The van der Waals surface area contributed by atoms with E-state index >= 15 is 0 Å². The molecule has 0 amide bonds. The number of ether oxygens (including phenoxy) is 1. The van der Waals surface area contributed by atoms with Crippen molar-refractivity contribution in [3.05, 3.63) is 71.9 Å². The highest BCUT2D eigenvalue weighted by atomic mass is 19.3. The minimum Gasteiger partial charge on any atom is -0.434 e. The Bertz CT molecular complexity index is 942. The van der Waals surface area contributed by atoms with Crippen LogP contribution in [0.15, 0.2) is 60.2 Å². The molecule has 0 spiro atoms.